The lowest BCUT2D eigenvalue weighted by molar-refractivity contribution is -0.106. The first-order valence-corrected chi connectivity index (χ1v) is 14.5. The topological polar surface area (TPSA) is 105 Å². The fourth-order valence-corrected chi connectivity index (χ4v) is 6.88. The highest BCUT2D eigenvalue weighted by molar-refractivity contribution is 5.86. The van der Waals surface area contributed by atoms with E-state index in [9.17, 15) is 5.11 Å². The Morgan fingerprint density at radius 2 is 1.48 bits per heavy atom. The van der Waals surface area contributed by atoms with Crippen molar-refractivity contribution in [1.29, 1.82) is 0 Å². The van der Waals surface area contributed by atoms with Gasteiger partial charge in [-0.1, -0.05) is 54.6 Å². The highest BCUT2D eigenvalue weighted by atomic mass is 16.3. The Morgan fingerprint density at radius 3 is 2.20 bits per heavy atom. The third-order valence-corrected chi connectivity index (χ3v) is 9.18. The Balaban J connectivity index is 1.24. The maximum atomic E-state index is 10.9. The highest BCUT2D eigenvalue weighted by Crippen LogP contribution is 2.57. The molecule has 40 heavy (non-hydrogen) atoms. The van der Waals surface area contributed by atoms with Gasteiger partial charge in [0.1, 0.15) is 5.52 Å². The van der Waals surface area contributed by atoms with E-state index in [0.29, 0.717) is 18.8 Å². The van der Waals surface area contributed by atoms with Crippen LogP contribution >= 0.6 is 0 Å². The second-order valence-corrected chi connectivity index (χ2v) is 12.0. The third-order valence-electron chi connectivity index (χ3n) is 9.18. The molecule has 8 rings (SSSR count). The molecule has 2 saturated carbocycles. The van der Waals surface area contributed by atoms with Gasteiger partial charge in [-0.3, -0.25) is 0 Å². The lowest BCUT2D eigenvalue weighted by atomic mass is 9.60. The number of benzene rings is 2. The molecule has 1 aliphatic heterocycles. The number of rotatable bonds is 5. The van der Waals surface area contributed by atoms with Crippen LogP contribution < -0.4 is 10.6 Å². The monoisotopic (exact) mass is 531 g/mol. The number of fused-ring (bicyclic) bond motifs is 3. The first-order valence-electron chi connectivity index (χ1n) is 14.5. The summed E-state index contributed by atoms with van der Waals surface area (Å²) in [6, 6.07) is 22.6. The van der Waals surface area contributed by atoms with Gasteiger partial charge < -0.3 is 15.7 Å². The van der Waals surface area contributed by atoms with Gasteiger partial charge in [0.25, 0.3) is 0 Å². The first kappa shape index (κ1) is 24.0. The van der Waals surface area contributed by atoms with Crippen molar-refractivity contribution in [2.24, 2.45) is 11.7 Å². The van der Waals surface area contributed by atoms with E-state index >= 15 is 0 Å². The van der Waals surface area contributed by atoms with E-state index in [1.807, 2.05) is 30.3 Å². The Bertz CT molecular complexity index is 1710. The molecule has 3 fully saturated rings. The second-order valence-electron chi connectivity index (χ2n) is 12.0. The van der Waals surface area contributed by atoms with Crippen LogP contribution in [0, 0.1) is 5.92 Å². The molecule has 0 unspecified atom stereocenters. The van der Waals surface area contributed by atoms with Crippen LogP contribution in [0.25, 0.3) is 39.3 Å². The summed E-state index contributed by atoms with van der Waals surface area (Å²) in [4.78, 5) is 12.8. The molecule has 0 atom stereocenters. The van der Waals surface area contributed by atoms with Crippen LogP contribution in [0.2, 0.25) is 0 Å². The lowest BCUT2D eigenvalue weighted by Gasteiger charge is -2.52. The molecule has 0 radical (unpaired) electrons. The molecule has 2 aromatic carbocycles. The number of hydrogen-bond donors (Lipinski definition) is 2. The molecule has 8 nitrogen and oxygen atoms in total. The number of anilines is 1. The summed E-state index contributed by atoms with van der Waals surface area (Å²) < 4.78 is 2.06. The van der Waals surface area contributed by atoms with Crippen LogP contribution in [0.15, 0.2) is 66.7 Å². The van der Waals surface area contributed by atoms with Crippen LogP contribution in [-0.2, 0) is 5.54 Å². The number of hydrogen-bond acceptors (Lipinski definition) is 7. The first-order chi connectivity index (χ1) is 19.5. The molecular formula is C32H33N7O. The predicted molar refractivity (Wildman–Crippen MR) is 156 cm³/mol. The van der Waals surface area contributed by atoms with Crippen LogP contribution in [0.4, 0.5) is 5.95 Å². The van der Waals surface area contributed by atoms with E-state index in [1.165, 1.54) is 6.42 Å². The molecule has 2 aliphatic carbocycles. The van der Waals surface area contributed by atoms with E-state index < -0.39 is 11.1 Å². The molecule has 8 heteroatoms. The minimum Gasteiger partial charge on any atom is -0.389 e. The smallest absolute Gasteiger partial charge is 0.233 e. The van der Waals surface area contributed by atoms with Gasteiger partial charge >= 0.3 is 0 Å². The van der Waals surface area contributed by atoms with Gasteiger partial charge in [0.2, 0.25) is 5.95 Å². The summed E-state index contributed by atoms with van der Waals surface area (Å²) >= 11 is 0. The third kappa shape index (κ3) is 3.81. The molecule has 3 N–H and O–H groups in total. The van der Waals surface area contributed by atoms with Crippen molar-refractivity contribution in [3.8, 4) is 22.5 Å². The van der Waals surface area contributed by atoms with Crippen molar-refractivity contribution in [1.82, 2.24) is 24.6 Å². The normalized spacial score (nSPS) is 24.9. The van der Waals surface area contributed by atoms with E-state index in [1.54, 1.807) is 0 Å². The van der Waals surface area contributed by atoms with Crippen molar-refractivity contribution in [3.63, 3.8) is 0 Å². The van der Waals surface area contributed by atoms with Gasteiger partial charge in [0.15, 0.2) is 11.3 Å². The van der Waals surface area contributed by atoms with Crippen LogP contribution in [0.1, 0.15) is 50.5 Å². The molecule has 1 saturated heterocycles. The number of nitrogens with two attached hydrogens (primary N) is 1. The fourth-order valence-electron chi connectivity index (χ4n) is 6.88. The van der Waals surface area contributed by atoms with Gasteiger partial charge in [-0.25, -0.2) is 14.4 Å². The van der Waals surface area contributed by atoms with E-state index in [2.05, 4.69) is 55.9 Å². The van der Waals surface area contributed by atoms with Crippen molar-refractivity contribution < 1.29 is 5.11 Å². The lowest BCUT2D eigenvalue weighted by Crippen LogP contribution is -2.60. The molecule has 5 aromatic rings. The molecule has 0 bridgehead atoms. The number of pyridine rings is 1. The van der Waals surface area contributed by atoms with Crippen molar-refractivity contribution in [2.45, 2.75) is 56.1 Å². The summed E-state index contributed by atoms with van der Waals surface area (Å²) in [6.07, 6.45) is 7.06. The molecule has 0 spiro atoms. The van der Waals surface area contributed by atoms with Gasteiger partial charge in [-0.05, 0) is 68.6 Å². The van der Waals surface area contributed by atoms with Crippen LogP contribution in [0.5, 0.6) is 0 Å². The predicted octanol–water partition coefficient (Wildman–Crippen LogP) is 5.09. The maximum Gasteiger partial charge on any atom is 0.233 e. The largest absolute Gasteiger partial charge is 0.389 e. The van der Waals surface area contributed by atoms with Crippen molar-refractivity contribution in [2.75, 3.05) is 18.0 Å². The molecular weight excluding hydrogens is 498 g/mol. The number of aliphatic hydroxyl groups is 1. The van der Waals surface area contributed by atoms with E-state index in [0.717, 1.165) is 89.6 Å². The number of aromatic nitrogens is 5. The highest BCUT2D eigenvalue weighted by Gasteiger charge is 2.58. The standard InChI is InChI=1S/C32H33N7O/c33-31(19-32(40,20-31)24-13-14-24)23-11-9-22(10-12-23)27-28(21-7-3-1-4-8-21)35-29-25(34-27)15-16-26-36-37-30(39(26)29)38-17-5-2-6-18-38/h1,3-4,7-12,15-16,24,40H,2,5-6,13-14,17-20,33H2/t31-,32-. The summed E-state index contributed by atoms with van der Waals surface area (Å²) in [5, 5.41) is 19.9. The minimum atomic E-state index is -0.585. The number of piperidine rings is 1. The zero-order valence-electron chi connectivity index (χ0n) is 22.5. The zero-order chi connectivity index (χ0) is 26.9. The Hall–Kier alpha value is -3.88. The van der Waals surface area contributed by atoms with Gasteiger partial charge in [-0.2, -0.15) is 0 Å². The molecule has 4 heterocycles. The quantitative estimate of drug-likeness (QED) is 0.326. The van der Waals surface area contributed by atoms with Crippen molar-refractivity contribution in [3.05, 3.63) is 72.3 Å². The average Bonchev–Trinajstić information content (AvgIpc) is 3.76. The zero-order valence-corrected chi connectivity index (χ0v) is 22.5. The summed E-state index contributed by atoms with van der Waals surface area (Å²) in [5.41, 5.74) is 12.7. The molecule has 3 aliphatic rings. The minimum absolute atomic E-state index is 0.428. The number of nitrogens with zero attached hydrogens (tertiary/aromatic N) is 6. The van der Waals surface area contributed by atoms with Gasteiger partial charge in [-0.15, -0.1) is 10.2 Å². The van der Waals surface area contributed by atoms with E-state index in [-0.39, 0.29) is 0 Å². The molecule has 202 valence electrons. The second kappa shape index (κ2) is 8.81. The Kier molecular flexibility index (Phi) is 5.28. The Labute approximate surface area is 232 Å². The maximum absolute atomic E-state index is 10.9. The van der Waals surface area contributed by atoms with Crippen LogP contribution in [0.3, 0.4) is 0 Å². The van der Waals surface area contributed by atoms with Gasteiger partial charge in [0.05, 0.1) is 17.0 Å². The summed E-state index contributed by atoms with van der Waals surface area (Å²) in [7, 11) is 0. The summed E-state index contributed by atoms with van der Waals surface area (Å²) in [6.45, 7) is 1.95. The van der Waals surface area contributed by atoms with Crippen molar-refractivity contribution >= 4 is 22.8 Å². The molecule has 3 aromatic heterocycles. The average molecular weight is 532 g/mol. The SMILES string of the molecule is N[C@]1(c2ccc(-c3nc4ccc5nnc(N6CCCCC6)n5c4nc3-c3ccccc3)cc2)C[C@](O)(C2CC2)C1. The summed E-state index contributed by atoms with van der Waals surface area (Å²) in [5.74, 6) is 1.27. The Morgan fingerprint density at radius 1 is 0.775 bits per heavy atom. The van der Waals surface area contributed by atoms with Gasteiger partial charge in [0, 0.05) is 29.8 Å². The fraction of sp³-hybridized carbons (Fsp3) is 0.375. The van der Waals surface area contributed by atoms with E-state index in [4.69, 9.17) is 15.7 Å². The van der Waals surface area contributed by atoms with Crippen LogP contribution in [-0.4, -0.2) is 48.4 Å². The molecule has 0 amide bonds.